The second-order valence-electron chi connectivity index (χ2n) is 6.60. The maximum Gasteiger partial charge on any atom is 0.191 e. The Kier molecular flexibility index (Phi) is 9.73. The smallest absolute Gasteiger partial charge is 0.191 e. The Morgan fingerprint density at radius 3 is 2.47 bits per heavy atom. The summed E-state index contributed by atoms with van der Waals surface area (Å²) >= 11 is 0. The van der Waals surface area contributed by atoms with Gasteiger partial charge < -0.3 is 30.0 Å². The van der Waals surface area contributed by atoms with Crippen molar-refractivity contribution in [2.45, 2.75) is 26.1 Å². The number of para-hydroxylation sites is 2. The van der Waals surface area contributed by atoms with Gasteiger partial charge in [-0.2, -0.15) is 0 Å². The van der Waals surface area contributed by atoms with Gasteiger partial charge in [0.05, 0.1) is 20.2 Å². The Hall–Kier alpha value is -3.00. The number of aliphatic hydroxyl groups is 1. The summed E-state index contributed by atoms with van der Waals surface area (Å²) < 4.78 is 29.6. The minimum atomic E-state index is -0.798. The van der Waals surface area contributed by atoms with E-state index in [9.17, 15) is 9.50 Å². The zero-order valence-electron chi connectivity index (χ0n) is 17.6. The van der Waals surface area contributed by atoms with Gasteiger partial charge in [-0.05, 0) is 50.2 Å². The molecule has 164 valence electrons. The Labute approximate surface area is 176 Å². The van der Waals surface area contributed by atoms with Gasteiger partial charge in [0, 0.05) is 6.54 Å². The van der Waals surface area contributed by atoms with Gasteiger partial charge in [-0.1, -0.05) is 12.1 Å². The lowest BCUT2D eigenvalue weighted by molar-refractivity contribution is 0.114. The molecule has 2 aromatic rings. The van der Waals surface area contributed by atoms with Gasteiger partial charge in [0.15, 0.2) is 17.5 Å². The van der Waals surface area contributed by atoms with Crippen molar-refractivity contribution in [3.8, 4) is 17.2 Å². The van der Waals surface area contributed by atoms with E-state index in [1.165, 1.54) is 24.3 Å². The van der Waals surface area contributed by atoms with Crippen LogP contribution in [0.15, 0.2) is 53.5 Å². The second-order valence-corrected chi connectivity index (χ2v) is 6.60. The van der Waals surface area contributed by atoms with Crippen molar-refractivity contribution in [2.24, 2.45) is 4.99 Å². The van der Waals surface area contributed by atoms with Gasteiger partial charge in [0.1, 0.15) is 30.4 Å². The molecule has 0 aromatic heterocycles. The summed E-state index contributed by atoms with van der Waals surface area (Å²) in [4.78, 5) is 4.38. The molecule has 0 amide bonds. The first-order chi connectivity index (χ1) is 14.5. The Morgan fingerprint density at radius 1 is 1.10 bits per heavy atom. The molecule has 0 spiro atoms. The zero-order valence-corrected chi connectivity index (χ0v) is 17.6. The minimum absolute atomic E-state index is 0.0574. The van der Waals surface area contributed by atoms with E-state index in [1.54, 1.807) is 7.11 Å². The topological polar surface area (TPSA) is 84.3 Å². The first-order valence-electron chi connectivity index (χ1n) is 9.90. The highest BCUT2D eigenvalue weighted by Crippen LogP contribution is 2.26. The van der Waals surface area contributed by atoms with Crippen molar-refractivity contribution in [3.63, 3.8) is 0 Å². The van der Waals surface area contributed by atoms with E-state index in [-0.39, 0.29) is 25.1 Å². The number of nitrogens with one attached hydrogen (secondary N) is 2. The molecule has 2 rings (SSSR count). The largest absolute Gasteiger partial charge is 0.493 e. The van der Waals surface area contributed by atoms with Crippen molar-refractivity contribution in [1.82, 2.24) is 10.6 Å². The molecule has 0 fully saturated rings. The summed E-state index contributed by atoms with van der Waals surface area (Å²) in [7, 11) is 1.60. The third-order valence-electron chi connectivity index (χ3n) is 4.01. The number of aliphatic hydroxyl groups excluding tert-OH is 1. The number of methoxy groups -OCH3 is 1. The fourth-order valence-corrected chi connectivity index (χ4v) is 2.53. The summed E-state index contributed by atoms with van der Waals surface area (Å²) in [5, 5.41) is 16.4. The Bertz CT molecular complexity index is 786. The van der Waals surface area contributed by atoms with Crippen LogP contribution in [0.2, 0.25) is 0 Å². The van der Waals surface area contributed by atoms with Crippen LogP contribution >= 0.6 is 0 Å². The molecule has 7 nitrogen and oxygen atoms in total. The summed E-state index contributed by atoms with van der Waals surface area (Å²) in [5.74, 6) is 2.07. The lowest BCUT2D eigenvalue weighted by Crippen LogP contribution is -2.42. The molecule has 2 aromatic carbocycles. The van der Waals surface area contributed by atoms with Crippen LogP contribution < -0.4 is 24.8 Å². The van der Waals surface area contributed by atoms with Gasteiger partial charge >= 0.3 is 0 Å². The highest BCUT2D eigenvalue weighted by molar-refractivity contribution is 5.79. The maximum absolute atomic E-state index is 12.9. The highest BCUT2D eigenvalue weighted by atomic mass is 19.1. The third-order valence-corrected chi connectivity index (χ3v) is 4.01. The summed E-state index contributed by atoms with van der Waals surface area (Å²) in [6.45, 7) is 5.29. The molecule has 0 aliphatic rings. The number of ether oxygens (including phenoxy) is 3. The summed E-state index contributed by atoms with van der Waals surface area (Å²) in [5.41, 5.74) is 0. The molecule has 0 bridgehead atoms. The van der Waals surface area contributed by atoms with Crippen molar-refractivity contribution in [3.05, 3.63) is 54.3 Å². The number of hydrogen-bond acceptors (Lipinski definition) is 5. The van der Waals surface area contributed by atoms with Crippen LogP contribution in [0.3, 0.4) is 0 Å². The predicted molar refractivity (Wildman–Crippen MR) is 115 cm³/mol. The standard InChI is InChI=1S/C22H30FN3O4/c1-4-24-22(25-13-16(2)30-21-8-6-5-7-20(21)28-3)26-14-18(27)15-29-19-11-9-17(23)10-12-19/h5-12,16,18,27H,4,13-15H2,1-3H3,(H2,24,25,26). The zero-order chi connectivity index (χ0) is 21.8. The Morgan fingerprint density at radius 2 is 1.80 bits per heavy atom. The molecule has 2 unspecified atom stereocenters. The number of guanidine groups is 1. The van der Waals surface area contributed by atoms with E-state index < -0.39 is 6.10 Å². The molecule has 0 heterocycles. The van der Waals surface area contributed by atoms with E-state index in [0.29, 0.717) is 36.3 Å². The molecule has 8 heteroatoms. The van der Waals surface area contributed by atoms with Gasteiger partial charge in [0.2, 0.25) is 0 Å². The molecule has 0 aliphatic heterocycles. The molecular weight excluding hydrogens is 389 g/mol. The van der Waals surface area contributed by atoms with Gasteiger partial charge in [-0.25, -0.2) is 4.39 Å². The molecule has 0 aliphatic carbocycles. The normalized spacial score (nSPS) is 13.3. The first-order valence-corrected chi connectivity index (χ1v) is 9.90. The van der Waals surface area contributed by atoms with Crippen molar-refractivity contribution in [1.29, 1.82) is 0 Å². The number of halogens is 1. The number of aliphatic imine (C=N–C) groups is 1. The van der Waals surface area contributed by atoms with Gasteiger partial charge in [0.25, 0.3) is 0 Å². The molecule has 0 saturated carbocycles. The quantitative estimate of drug-likeness (QED) is 0.384. The Balaban J connectivity index is 1.80. The monoisotopic (exact) mass is 419 g/mol. The molecule has 0 radical (unpaired) electrons. The van der Waals surface area contributed by atoms with Crippen LogP contribution in [0.4, 0.5) is 4.39 Å². The van der Waals surface area contributed by atoms with Crippen LogP contribution in [-0.2, 0) is 0 Å². The van der Waals surface area contributed by atoms with Crippen LogP contribution in [0.25, 0.3) is 0 Å². The van der Waals surface area contributed by atoms with Crippen LogP contribution in [0, 0.1) is 5.82 Å². The number of benzene rings is 2. The summed E-state index contributed by atoms with van der Waals surface area (Å²) in [6, 6.07) is 13.1. The molecule has 3 N–H and O–H groups in total. The predicted octanol–water partition coefficient (Wildman–Crippen LogP) is 2.60. The van der Waals surface area contributed by atoms with E-state index >= 15 is 0 Å². The first kappa shape index (κ1) is 23.3. The van der Waals surface area contributed by atoms with Crippen LogP contribution in [-0.4, -0.2) is 56.6 Å². The lowest BCUT2D eigenvalue weighted by Gasteiger charge is -2.19. The van der Waals surface area contributed by atoms with E-state index in [0.717, 1.165) is 0 Å². The highest BCUT2D eigenvalue weighted by Gasteiger charge is 2.10. The average molecular weight is 419 g/mol. The van der Waals surface area contributed by atoms with Gasteiger partial charge in [-0.3, -0.25) is 4.99 Å². The second kappa shape index (κ2) is 12.5. The SMILES string of the molecule is CCNC(=NCC(O)COc1ccc(F)cc1)NCC(C)Oc1ccccc1OC. The fraction of sp³-hybridized carbons (Fsp3) is 0.409. The van der Waals surface area contributed by atoms with Crippen molar-refractivity contribution in [2.75, 3.05) is 33.4 Å². The number of nitrogens with zero attached hydrogens (tertiary/aromatic N) is 1. The number of rotatable bonds is 11. The maximum atomic E-state index is 12.9. The van der Waals surface area contributed by atoms with E-state index in [2.05, 4.69) is 15.6 Å². The molecule has 30 heavy (non-hydrogen) atoms. The van der Waals surface area contributed by atoms with Crippen LogP contribution in [0.5, 0.6) is 17.2 Å². The van der Waals surface area contributed by atoms with Crippen LogP contribution in [0.1, 0.15) is 13.8 Å². The number of hydrogen-bond donors (Lipinski definition) is 3. The fourth-order valence-electron chi connectivity index (χ4n) is 2.53. The third kappa shape index (κ3) is 8.16. The lowest BCUT2D eigenvalue weighted by atomic mass is 10.3. The van der Waals surface area contributed by atoms with Gasteiger partial charge in [-0.15, -0.1) is 0 Å². The molecule has 0 saturated heterocycles. The van der Waals surface area contributed by atoms with E-state index in [1.807, 2.05) is 38.1 Å². The summed E-state index contributed by atoms with van der Waals surface area (Å²) in [6.07, 6.45) is -0.940. The average Bonchev–Trinajstić information content (AvgIpc) is 2.75. The van der Waals surface area contributed by atoms with Crippen molar-refractivity contribution < 1.29 is 23.7 Å². The van der Waals surface area contributed by atoms with Crippen molar-refractivity contribution >= 4 is 5.96 Å². The molecular formula is C22H30FN3O4. The molecule has 2 atom stereocenters. The minimum Gasteiger partial charge on any atom is -0.493 e. The van der Waals surface area contributed by atoms with E-state index in [4.69, 9.17) is 14.2 Å².